The molecular formula is C14H25N5O2. The number of nitrogens with one attached hydrogen (secondary N) is 1. The summed E-state index contributed by atoms with van der Waals surface area (Å²) in [4.78, 5) is 16.1. The van der Waals surface area contributed by atoms with E-state index in [4.69, 9.17) is 10.5 Å². The van der Waals surface area contributed by atoms with Crippen molar-refractivity contribution in [2.24, 2.45) is 0 Å². The predicted octanol–water partition coefficient (Wildman–Crippen LogP) is 1.09. The zero-order valence-corrected chi connectivity index (χ0v) is 13.1. The Morgan fingerprint density at radius 1 is 1.38 bits per heavy atom. The van der Waals surface area contributed by atoms with Gasteiger partial charge in [0, 0.05) is 39.1 Å². The fourth-order valence-electron chi connectivity index (χ4n) is 2.27. The normalized spacial score (nSPS) is 17.0. The first kappa shape index (κ1) is 15.6. The molecule has 7 nitrogen and oxygen atoms in total. The molecule has 1 saturated heterocycles. The van der Waals surface area contributed by atoms with E-state index in [1.165, 1.54) is 0 Å². The molecule has 2 rings (SSSR count). The molecule has 0 bridgehead atoms. The maximum Gasteiger partial charge on any atom is 0.410 e. The molecule has 0 unspecified atom stereocenters. The SMILES string of the molecule is CC(C)(C)OC(=O)N1CCN(CCc2[nH]ncc2N)CC1. The van der Waals surface area contributed by atoms with Gasteiger partial charge in [0.2, 0.25) is 0 Å². The van der Waals surface area contributed by atoms with Crippen LogP contribution in [0.25, 0.3) is 0 Å². The monoisotopic (exact) mass is 295 g/mol. The number of rotatable bonds is 3. The molecule has 2 heterocycles. The molecule has 0 radical (unpaired) electrons. The Balaban J connectivity index is 1.73. The number of carbonyl (C=O) groups is 1. The van der Waals surface area contributed by atoms with Gasteiger partial charge in [-0.25, -0.2) is 4.79 Å². The van der Waals surface area contributed by atoms with Gasteiger partial charge in [-0.15, -0.1) is 0 Å². The van der Waals surface area contributed by atoms with E-state index in [2.05, 4.69) is 15.1 Å². The minimum atomic E-state index is -0.438. The highest BCUT2D eigenvalue weighted by molar-refractivity contribution is 5.68. The third-order valence-electron chi connectivity index (χ3n) is 3.45. The lowest BCUT2D eigenvalue weighted by Crippen LogP contribution is -2.50. The Morgan fingerprint density at radius 2 is 2.05 bits per heavy atom. The van der Waals surface area contributed by atoms with E-state index >= 15 is 0 Å². The van der Waals surface area contributed by atoms with E-state index in [0.717, 1.165) is 31.7 Å². The van der Waals surface area contributed by atoms with Crippen LogP contribution in [-0.2, 0) is 11.2 Å². The van der Waals surface area contributed by atoms with Crippen LogP contribution in [0.1, 0.15) is 26.5 Å². The van der Waals surface area contributed by atoms with Crippen LogP contribution in [-0.4, -0.2) is 64.4 Å². The van der Waals surface area contributed by atoms with E-state index in [0.29, 0.717) is 18.8 Å². The number of H-pyrrole nitrogens is 1. The standard InChI is InChI=1S/C14H25N5O2/c1-14(2,3)21-13(20)19-8-6-18(7-9-19)5-4-12-11(15)10-16-17-12/h10H,4-9,15H2,1-3H3,(H,16,17). The van der Waals surface area contributed by atoms with Gasteiger partial charge < -0.3 is 15.4 Å². The van der Waals surface area contributed by atoms with Gasteiger partial charge in [-0.2, -0.15) is 5.10 Å². The van der Waals surface area contributed by atoms with Crippen molar-refractivity contribution in [3.05, 3.63) is 11.9 Å². The lowest BCUT2D eigenvalue weighted by molar-refractivity contribution is 0.0146. The number of carbonyl (C=O) groups excluding carboxylic acids is 1. The summed E-state index contributed by atoms with van der Waals surface area (Å²) >= 11 is 0. The molecule has 1 aliphatic rings. The Bertz CT molecular complexity index is 472. The number of aromatic amines is 1. The number of nitrogens with zero attached hydrogens (tertiary/aromatic N) is 3. The second-order valence-electron chi connectivity index (χ2n) is 6.36. The van der Waals surface area contributed by atoms with Gasteiger partial charge in [0.25, 0.3) is 0 Å². The third-order valence-corrected chi connectivity index (χ3v) is 3.45. The molecule has 1 fully saturated rings. The van der Waals surface area contributed by atoms with Crippen LogP contribution in [0.15, 0.2) is 6.20 Å². The lowest BCUT2D eigenvalue weighted by atomic mass is 10.2. The lowest BCUT2D eigenvalue weighted by Gasteiger charge is -2.35. The number of ether oxygens (including phenoxy) is 1. The van der Waals surface area contributed by atoms with Crippen LogP contribution in [0.2, 0.25) is 0 Å². The average molecular weight is 295 g/mol. The fourth-order valence-corrected chi connectivity index (χ4v) is 2.27. The number of piperazine rings is 1. The molecule has 1 amide bonds. The van der Waals surface area contributed by atoms with Crippen molar-refractivity contribution in [3.8, 4) is 0 Å². The maximum absolute atomic E-state index is 12.0. The summed E-state index contributed by atoms with van der Waals surface area (Å²) in [6.45, 7) is 9.68. The number of hydrogen-bond acceptors (Lipinski definition) is 5. The second kappa shape index (κ2) is 6.34. The van der Waals surface area contributed by atoms with Crippen LogP contribution in [0.4, 0.5) is 10.5 Å². The van der Waals surface area contributed by atoms with E-state index in [9.17, 15) is 4.79 Å². The maximum atomic E-state index is 12.0. The highest BCUT2D eigenvalue weighted by Crippen LogP contribution is 2.13. The Labute approximate surface area is 125 Å². The molecule has 21 heavy (non-hydrogen) atoms. The molecule has 0 aromatic carbocycles. The molecule has 7 heteroatoms. The smallest absolute Gasteiger partial charge is 0.410 e. The summed E-state index contributed by atoms with van der Waals surface area (Å²) in [6.07, 6.45) is 2.26. The van der Waals surface area contributed by atoms with Crippen molar-refractivity contribution >= 4 is 11.8 Å². The number of nitrogens with two attached hydrogens (primary N) is 1. The first-order valence-electron chi connectivity index (χ1n) is 7.33. The summed E-state index contributed by atoms with van der Waals surface area (Å²) in [5, 5.41) is 6.83. The summed E-state index contributed by atoms with van der Waals surface area (Å²) < 4.78 is 5.39. The summed E-state index contributed by atoms with van der Waals surface area (Å²) in [6, 6.07) is 0. The average Bonchev–Trinajstić information content (AvgIpc) is 2.80. The van der Waals surface area contributed by atoms with Gasteiger partial charge in [-0.05, 0) is 20.8 Å². The molecular weight excluding hydrogens is 270 g/mol. The second-order valence-corrected chi connectivity index (χ2v) is 6.36. The molecule has 118 valence electrons. The first-order valence-corrected chi connectivity index (χ1v) is 7.33. The van der Waals surface area contributed by atoms with Crippen LogP contribution in [0.3, 0.4) is 0 Å². The molecule has 1 aromatic rings. The van der Waals surface area contributed by atoms with Gasteiger partial charge in [0.05, 0.1) is 17.6 Å². The van der Waals surface area contributed by atoms with Crippen molar-refractivity contribution in [2.75, 3.05) is 38.5 Å². The van der Waals surface area contributed by atoms with Crippen molar-refractivity contribution in [1.29, 1.82) is 0 Å². The van der Waals surface area contributed by atoms with Crippen LogP contribution < -0.4 is 5.73 Å². The summed E-state index contributed by atoms with van der Waals surface area (Å²) in [7, 11) is 0. The molecule has 0 atom stereocenters. The third kappa shape index (κ3) is 4.63. The Kier molecular flexibility index (Phi) is 4.72. The number of nitrogen functional groups attached to an aromatic ring is 1. The van der Waals surface area contributed by atoms with Crippen LogP contribution >= 0.6 is 0 Å². The molecule has 1 aromatic heterocycles. The highest BCUT2D eigenvalue weighted by atomic mass is 16.6. The van der Waals surface area contributed by atoms with Crippen molar-refractivity contribution in [1.82, 2.24) is 20.0 Å². The Hall–Kier alpha value is -1.76. The van der Waals surface area contributed by atoms with Gasteiger partial charge >= 0.3 is 6.09 Å². The van der Waals surface area contributed by atoms with E-state index in [-0.39, 0.29) is 6.09 Å². The number of amides is 1. The zero-order valence-electron chi connectivity index (χ0n) is 13.1. The molecule has 1 aliphatic heterocycles. The molecule has 0 spiro atoms. The largest absolute Gasteiger partial charge is 0.444 e. The minimum Gasteiger partial charge on any atom is -0.444 e. The van der Waals surface area contributed by atoms with E-state index < -0.39 is 5.60 Å². The zero-order chi connectivity index (χ0) is 15.5. The van der Waals surface area contributed by atoms with Crippen LogP contribution in [0.5, 0.6) is 0 Å². The fraction of sp³-hybridized carbons (Fsp3) is 0.714. The first-order chi connectivity index (χ1) is 9.85. The minimum absolute atomic E-state index is 0.222. The van der Waals surface area contributed by atoms with Gasteiger partial charge in [-0.3, -0.25) is 10.00 Å². The quantitative estimate of drug-likeness (QED) is 0.871. The summed E-state index contributed by atoms with van der Waals surface area (Å²) in [5.74, 6) is 0. The van der Waals surface area contributed by atoms with E-state index in [1.807, 2.05) is 20.8 Å². The van der Waals surface area contributed by atoms with Gasteiger partial charge in [0.1, 0.15) is 5.60 Å². The Morgan fingerprint density at radius 3 is 2.57 bits per heavy atom. The van der Waals surface area contributed by atoms with Gasteiger partial charge in [0.15, 0.2) is 0 Å². The molecule has 0 saturated carbocycles. The topological polar surface area (TPSA) is 87.5 Å². The van der Waals surface area contributed by atoms with E-state index in [1.54, 1.807) is 11.1 Å². The van der Waals surface area contributed by atoms with Crippen molar-refractivity contribution in [3.63, 3.8) is 0 Å². The van der Waals surface area contributed by atoms with Gasteiger partial charge in [-0.1, -0.05) is 0 Å². The molecule has 0 aliphatic carbocycles. The predicted molar refractivity (Wildman–Crippen MR) is 81.0 cm³/mol. The number of aromatic nitrogens is 2. The summed E-state index contributed by atoms with van der Waals surface area (Å²) in [5.41, 5.74) is 7.04. The number of hydrogen-bond donors (Lipinski definition) is 2. The van der Waals surface area contributed by atoms with Crippen molar-refractivity contribution in [2.45, 2.75) is 32.8 Å². The van der Waals surface area contributed by atoms with Crippen molar-refractivity contribution < 1.29 is 9.53 Å². The molecule has 3 N–H and O–H groups in total. The van der Waals surface area contributed by atoms with Crippen LogP contribution in [0, 0.1) is 0 Å². The number of anilines is 1. The highest BCUT2D eigenvalue weighted by Gasteiger charge is 2.25.